The molecule has 0 fully saturated rings. The summed E-state index contributed by atoms with van der Waals surface area (Å²) in [5, 5.41) is 3.80. The van der Waals surface area contributed by atoms with Gasteiger partial charge in [-0.3, -0.25) is 4.98 Å². The number of hydrogen-bond acceptors (Lipinski definition) is 2. The number of benzene rings is 2. The van der Waals surface area contributed by atoms with Gasteiger partial charge < -0.3 is 5.32 Å². The van der Waals surface area contributed by atoms with Crippen LogP contribution >= 0.6 is 0 Å². The van der Waals surface area contributed by atoms with E-state index in [9.17, 15) is 8.78 Å². The fraction of sp³-hybridized carbons (Fsp3) is 0.0625. The summed E-state index contributed by atoms with van der Waals surface area (Å²) in [6.45, 7) is 1.91. The molecule has 1 N–H and O–H groups in total. The van der Waals surface area contributed by atoms with Crippen LogP contribution in [-0.4, -0.2) is 4.98 Å². The molecule has 100 valence electrons. The lowest BCUT2D eigenvalue weighted by molar-refractivity contribution is 0.627. The maximum Gasteiger partial charge on any atom is 0.126 e. The van der Waals surface area contributed by atoms with Gasteiger partial charge in [0.25, 0.3) is 0 Å². The van der Waals surface area contributed by atoms with Gasteiger partial charge in [-0.15, -0.1) is 0 Å². The van der Waals surface area contributed by atoms with Crippen molar-refractivity contribution in [3.05, 3.63) is 65.9 Å². The number of rotatable bonds is 2. The van der Waals surface area contributed by atoms with Gasteiger partial charge in [0.15, 0.2) is 0 Å². The molecule has 3 rings (SSSR count). The number of fused-ring (bicyclic) bond motifs is 1. The highest BCUT2D eigenvalue weighted by atomic mass is 19.1. The predicted octanol–water partition coefficient (Wildman–Crippen LogP) is 4.57. The maximum absolute atomic E-state index is 13.7. The molecule has 0 saturated heterocycles. The Balaban J connectivity index is 2.08. The second-order valence-electron chi connectivity index (χ2n) is 4.67. The highest BCUT2D eigenvalue weighted by molar-refractivity contribution is 5.92. The van der Waals surface area contributed by atoms with Gasteiger partial charge in [0.05, 0.1) is 11.2 Å². The van der Waals surface area contributed by atoms with Crippen LogP contribution in [0.4, 0.5) is 20.2 Å². The van der Waals surface area contributed by atoms with Crippen LogP contribution < -0.4 is 5.32 Å². The number of nitrogens with zero attached hydrogens (tertiary/aromatic N) is 1. The number of halogens is 2. The Morgan fingerprint density at radius 2 is 1.70 bits per heavy atom. The van der Waals surface area contributed by atoms with E-state index in [4.69, 9.17) is 0 Å². The summed E-state index contributed by atoms with van der Waals surface area (Å²) >= 11 is 0. The Morgan fingerprint density at radius 1 is 0.950 bits per heavy atom. The van der Waals surface area contributed by atoms with Crippen LogP contribution in [0.25, 0.3) is 10.9 Å². The first-order valence-corrected chi connectivity index (χ1v) is 6.20. The minimum atomic E-state index is -0.338. The molecule has 0 bridgehead atoms. The van der Waals surface area contributed by atoms with Crippen LogP contribution in [0.5, 0.6) is 0 Å². The number of aromatic nitrogens is 1. The molecular weight excluding hydrogens is 258 g/mol. The van der Waals surface area contributed by atoms with Gasteiger partial charge in [-0.05, 0) is 55.0 Å². The molecule has 1 aromatic heterocycles. The van der Waals surface area contributed by atoms with E-state index in [1.807, 2.05) is 13.0 Å². The Labute approximate surface area is 115 Å². The van der Waals surface area contributed by atoms with Crippen LogP contribution in [0.15, 0.2) is 48.7 Å². The molecule has 0 unspecified atom stereocenters. The molecule has 0 spiro atoms. The minimum absolute atomic E-state index is 0.312. The highest BCUT2D eigenvalue weighted by Gasteiger charge is 2.06. The van der Waals surface area contributed by atoms with Gasteiger partial charge in [-0.25, -0.2) is 8.78 Å². The van der Waals surface area contributed by atoms with E-state index in [2.05, 4.69) is 10.3 Å². The van der Waals surface area contributed by atoms with Crippen LogP contribution in [0, 0.1) is 18.6 Å². The van der Waals surface area contributed by atoms with Crippen LogP contribution in [-0.2, 0) is 0 Å². The first-order valence-electron chi connectivity index (χ1n) is 6.20. The Morgan fingerprint density at radius 3 is 2.45 bits per heavy atom. The van der Waals surface area contributed by atoms with E-state index in [0.717, 1.165) is 10.9 Å². The SMILES string of the molecule is Cc1cnc2c(Nc3ccc(F)cc3)cc(F)cc2c1. The van der Waals surface area contributed by atoms with E-state index in [1.165, 1.54) is 24.3 Å². The molecule has 0 saturated carbocycles. The Kier molecular flexibility index (Phi) is 3.06. The van der Waals surface area contributed by atoms with Gasteiger partial charge in [0, 0.05) is 17.3 Å². The smallest absolute Gasteiger partial charge is 0.126 e. The molecular formula is C16H12F2N2. The molecule has 2 aromatic carbocycles. The standard InChI is InChI=1S/C16H12F2N2/c1-10-6-11-7-13(18)8-15(16(11)19-9-10)20-14-4-2-12(17)3-5-14/h2-9,20H,1H3. The molecule has 2 nitrogen and oxygen atoms in total. The first-order chi connectivity index (χ1) is 9.61. The van der Waals surface area contributed by atoms with Crippen molar-refractivity contribution in [2.24, 2.45) is 0 Å². The summed E-state index contributed by atoms with van der Waals surface area (Å²) in [6.07, 6.45) is 1.73. The number of anilines is 2. The summed E-state index contributed by atoms with van der Waals surface area (Å²) < 4.78 is 26.6. The zero-order chi connectivity index (χ0) is 14.1. The van der Waals surface area contributed by atoms with Crippen LogP contribution in [0.3, 0.4) is 0 Å². The van der Waals surface area contributed by atoms with E-state index in [0.29, 0.717) is 16.9 Å². The molecule has 0 amide bonds. The molecule has 0 atom stereocenters. The highest BCUT2D eigenvalue weighted by Crippen LogP contribution is 2.27. The van der Waals surface area contributed by atoms with Gasteiger partial charge in [-0.1, -0.05) is 0 Å². The average molecular weight is 270 g/mol. The van der Waals surface area contributed by atoms with Gasteiger partial charge in [0.1, 0.15) is 11.6 Å². The quantitative estimate of drug-likeness (QED) is 0.738. The fourth-order valence-corrected chi connectivity index (χ4v) is 2.11. The van der Waals surface area contributed by atoms with Gasteiger partial charge >= 0.3 is 0 Å². The van der Waals surface area contributed by atoms with Crippen molar-refractivity contribution in [1.29, 1.82) is 0 Å². The summed E-state index contributed by atoms with van der Waals surface area (Å²) in [4.78, 5) is 4.33. The largest absolute Gasteiger partial charge is 0.354 e. The number of nitrogens with one attached hydrogen (secondary N) is 1. The monoisotopic (exact) mass is 270 g/mol. The summed E-state index contributed by atoms with van der Waals surface area (Å²) in [7, 11) is 0. The lowest BCUT2D eigenvalue weighted by atomic mass is 10.1. The third-order valence-electron chi connectivity index (χ3n) is 3.01. The molecule has 1 heterocycles. The topological polar surface area (TPSA) is 24.9 Å². The van der Waals surface area contributed by atoms with Gasteiger partial charge in [-0.2, -0.15) is 0 Å². The van der Waals surface area contributed by atoms with Crippen molar-refractivity contribution in [2.75, 3.05) is 5.32 Å². The van der Waals surface area contributed by atoms with Crippen LogP contribution in [0.2, 0.25) is 0 Å². The van der Waals surface area contributed by atoms with E-state index in [-0.39, 0.29) is 11.6 Å². The average Bonchev–Trinajstić information content (AvgIpc) is 2.40. The van der Waals surface area contributed by atoms with Crippen molar-refractivity contribution >= 4 is 22.3 Å². The molecule has 0 radical (unpaired) electrons. The minimum Gasteiger partial charge on any atom is -0.354 e. The zero-order valence-electron chi connectivity index (χ0n) is 10.8. The second-order valence-corrected chi connectivity index (χ2v) is 4.67. The third-order valence-corrected chi connectivity index (χ3v) is 3.01. The van der Waals surface area contributed by atoms with Crippen molar-refractivity contribution in [3.63, 3.8) is 0 Å². The van der Waals surface area contributed by atoms with E-state index < -0.39 is 0 Å². The number of aryl methyl sites for hydroxylation is 1. The normalized spacial score (nSPS) is 10.8. The summed E-state index contributed by atoms with van der Waals surface area (Å²) in [6, 6.07) is 10.6. The molecule has 4 heteroatoms. The first kappa shape index (κ1) is 12.5. The lowest BCUT2D eigenvalue weighted by Gasteiger charge is -2.10. The fourth-order valence-electron chi connectivity index (χ4n) is 2.11. The van der Waals surface area contributed by atoms with Crippen LogP contribution in [0.1, 0.15) is 5.56 Å². The Hall–Kier alpha value is -2.49. The maximum atomic E-state index is 13.7. The molecule has 0 aliphatic rings. The van der Waals surface area contributed by atoms with Crippen molar-refractivity contribution in [3.8, 4) is 0 Å². The molecule has 3 aromatic rings. The predicted molar refractivity (Wildman–Crippen MR) is 76.1 cm³/mol. The van der Waals surface area contributed by atoms with E-state index in [1.54, 1.807) is 18.3 Å². The molecule has 0 aliphatic heterocycles. The van der Waals surface area contributed by atoms with Gasteiger partial charge in [0.2, 0.25) is 0 Å². The van der Waals surface area contributed by atoms with Crippen molar-refractivity contribution < 1.29 is 8.78 Å². The van der Waals surface area contributed by atoms with Crippen molar-refractivity contribution in [2.45, 2.75) is 6.92 Å². The molecule has 0 aliphatic carbocycles. The lowest BCUT2D eigenvalue weighted by Crippen LogP contribution is -1.95. The zero-order valence-corrected chi connectivity index (χ0v) is 10.8. The summed E-state index contributed by atoms with van der Waals surface area (Å²) in [5.41, 5.74) is 2.89. The number of hydrogen-bond donors (Lipinski definition) is 1. The van der Waals surface area contributed by atoms with E-state index >= 15 is 0 Å². The Bertz CT molecular complexity index is 762. The van der Waals surface area contributed by atoms with Crippen molar-refractivity contribution in [1.82, 2.24) is 4.98 Å². The number of pyridine rings is 1. The third kappa shape index (κ3) is 2.45. The summed E-state index contributed by atoms with van der Waals surface area (Å²) in [5.74, 6) is -0.650. The second kappa shape index (κ2) is 4.89. The molecule has 20 heavy (non-hydrogen) atoms.